The number of ether oxygens (including phenoxy) is 1. The van der Waals surface area contributed by atoms with Gasteiger partial charge >= 0.3 is 0 Å². The first-order chi connectivity index (χ1) is 10.1. The number of anilines is 1. The molecular formula is C15H14BrClN2O2. The fraction of sp³-hybridized carbons (Fsp3) is 0.267. The van der Waals surface area contributed by atoms with E-state index in [1.54, 1.807) is 25.3 Å². The van der Waals surface area contributed by atoms with Crippen molar-refractivity contribution in [1.29, 1.82) is 0 Å². The maximum Gasteiger partial charge on any atom is 0.272 e. The van der Waals surface area contributed by atoms with Crippen LogP contribution in [0.2, 0.25) is 5.02 Å². The van der Waals surface area contributed by atoms with E-state index in [9.17, 15) is 4.79 Å². The number of methoxy groups -OCH3 is 1. The van der Waals surface area contributed by atoms with Crippen molar-refractivity contribution in [3.8, 4) is 5.75 Å². The number of carbonyl (C=O) groups is 1. The van der Waals surface area contributed by atoms with Crippen molar-refractivity contribution < 1.29 is 9.53 Å². The van der Waals surface area contributed by atoms with Gasteiger partial charge in [0.05, 0.1) is 12.8 Å². The molecule has 1 saturated carbocycles. The zero-order valence-electron chi connectivity index (χ0n) is 11.4. The van der Waals surface area contributed by atoms with Crippen molar-refractivity contribution in [3.63, 3.8) is 0 Å². The second-order valence-electron chi connectivity index (χ2n) is 4.98. The Morgan fingerprint density at radius 2 is 2.19 bits per heavy atom. The summed E-state index contributed by atoms with van der Waals surface area (Å²) >= 11 is 9.41. The highest BCUT2D eigenvalue weighted by Gasteiger charge is 2.28. The minimum Gasteiger partial charge on any atom is -0.495 e. The molecular weight excluding hydrogens is 356 g/mol. The number of hydrogen-bond donors (Lipinski definition) is 1. The van der Waals surface area contributed by atoms with Crippen LogP contribution in [0.15, 0.2) is 34.9 Å². The Labute approximate surface area is 136 Å². The maximum absolute atomic E-state index is 12.5. The third-order valence-electron chi connectivity index (χ3n) is 3.40. The van der Waals surface area contributed by atoms with Gasteiger partial charge in [0.2, 0.25) is 0 Å². The molecule has 0 bridgehead atoms. The standard InChI is InChI=1S/C15H14BrClN2O2/c1-21-14-5-2-10(17)7-12(14)18-15(20)13-6-9(16)8-19(13)11-3-4-11/h2,5-8,11H,3-4H2,1H3,(H,18,20). The van der Waals surface area contributed by atoms with Crippen LogP contribution in [-0.2, 0) is 0 Å². The van der Waals surface area contributed by atoms with Crippen LogP contribution in [0.1, 0.15) is 29.4 Å². The lowest BCUT2D eigenvalue weighted by Gasteiger charge is -2.12. The van der Waals surface area contributed by atoms with Crippen LogP contribution in [0.3, 0.4) is 0 Å². The van der Waals surface area contributed by atoms with Crippen molar-refractivity contribution in [2.75, 3.05) is 12.4 Å². The summed E-state index contributed by atoms with van der Waals surface area (Å²) in [5.41, 5.74) is 1.20. The highest BCUT2D eigenvalue weighted by molar-refractivity contribution is 9.10. The van der Waals surface area contributed by atoms with Crippen molar-refractivity contribution in [2.24, 2.45) is 0 Å². The van der Waals surface area contributed by atoms with Crippen molar-refractivity contribution >= 4 is 39.1 Å². The fourth-order valence-corrected chi connectivity index (χ4v) is 2.86. The Bertz CT molecular complexity index is 695. The lowest BCUT2D eigenvalue weighted by molar-refractivity contribution is 0.101. The third kappa shape index (κ3) is 3.09. The van der Waals surface area contributed by atoms with E-state index in [1.807, 2.05) is 16.8 Å². The van der Waals surface area contributed by atoms with Crippen molar-refractivity contribution in [3.05, 3.63) is 45.7 Å². The molecule has 1 aromatic heterocycles. The monoisotopic (exact) mass is 368 g/mol. The first-order valence-corrected chi connectivity index (χ1v) is 7.78. The maximum atomic E-state index is 12.5. The molecule has 1 aliphatic carbocycles. The highest BCUT2D eigenvalue weighted by atomic mass is 79.9. The van der Waals surface area contributed by atoms with Crippen LogP contribution in [0.4, 0.5) is 5.69 Å². The van der Waals surface area contributed by atoms with Gasteiger partial charge in [0.1, 0.15) is 11.4 Å². The summed E-state index contributed by atoms with van der Waals surface area (Å²) in [4.78, 5) is 12.5. The Kier molecular flexibility index (Phi) is 3.95. The first-order valence-electron chi connectivity index (χ1n) is 6.61. The summed E-state index contributed by atoms with van der Waals surface area (Å²) < 4.78 is 8.15. The van der Waals surface area contributed by atoms with E-state index in [1.165, 1.54) is 0 Å². The summed E-state index contributed by atoms with van der Waals surface area (Å²) in [6.07, 6.45) is 4.17. The number of amides is 1. The number of aromatic nitrogens is 1. The largest absolute Gasteiger partial charge is 0.495 e. The van der Waals surface area contributed by atoms with Gasteiger partial charge in [0.25, 0.3) is 5.91 Å². The Morgan fingerprint density at radius 3 is 2.86 bits per heavy atom. The molecule has 110 valence electrons. The van der Waals surface area contributed by atoms with Gasteiger partial charge in [0.15, 0.2) is 0 Å². The minimum absolute atomic E-state index is 0.173. The van der Waals surface area contributed by atoms with E-state index in [-0.39, 0.29) is 5.91 Å². The minimum atomic E-state index is -0.173. The van der Waals surface area contributed by atoms with Gasteiger partial charge in [-0.2, -0.15) is 0 Å². The number of nitrogens with one attached hydrogen (secondary N) is 1. The molecule has 0 aliphatic heterocycles. The molecule has 1 fully saturated rings. The van der Waals surface area contributed by atoms with E-state index >= 15 is 0 Å². The molecule has 2 aromatic rings. The smallest absolute Gasteiger partial charge is 0.272 e. The number of carbonyl (C=O) groups excluding carboxylic acids is 1. The topological polar surface area (TPSA) is 43.3 Å². The lowest BCUT2D eigenvalue weighted by Crippen LogP contribution is -2.16. The molecule has 0 saturated heterocycles. The van der Waals surface area contributed by atoms with Crippen LogP contribution in [-0.4, -0.2) is 17.6 Å². The Balaban J connectivity index is 1.88. The van der Waals surface area contributed by atoms with E-state index in [0.717, 1.165) is 17.3 Å². The van der Waals surface area contributed by atoms with Gasteiger partial charge in [-0.15, -0.1) is 0 Å². The zero-order chi connectivity index (χ0) is 15.0. The quantitative estimate of drug-likeness (QED) is 0.862. The van der Waals surface area contributed by atoms with Crippen LogP contribution in [0.5, 0.6) is 5.75 Å². The molecule has 0 radical (unpaired) electrons. The van der Waals surface area contributed by atoms with Crippen molar-refractivity contribution in [2.45, 2.75) is 18.9 Å². The Morgan fingerprint density at radius 1 is 1.43 bits per heavy atom. The molecule has 1 N–H and O–H groups in total. The molecule has 6 heteroatoms. The normalized spacial score (nSPS) is 14.0. The molecule has 0 spiro atoms. The van der Waals surface area contributed by atoms with Crippen LogP contribution >= 0.6 is 27.5 Å². The van der Waals surface area contributed by atoms with Crippen LogP contribution < -0.4 is 10.1 Å². The second kappa shape index (κ2) is 5.73. The van der Waals surface area contributed by atoms with E-state index in [4.69, 9.17) is 16.3 Å². The number of halogens is 2. The van der Waals surface area contributed by atoms with Gasteiger partial charge < -0.3 is 14.6 Å². The van der Waals surface area contributed by atoms with E-state index in [2.05, 4.69) is 21.2 Å². The van der Waals surface area contributed by atoms with Gasteiger partial charge in [-0.3, -0.25) is 4.79 Å². The van der Waals surface area contributed by atoms with Gasteiger partial charge in [0, 0.05) is 21.7 Å². The molecule has 4 nitrogen and oxygen atoms in total. The molecule has 1 aromatic carbocycles. The van der Waals surface area contributed by atoms with Crippen LogP contribution in [0.25, 0.3) is 0 Å². The molecule has 0 atom stereocenters. The average molecular weight is 370 g/mol. The Hall–Kier alpha value is -1.46. The third-order valence-corrected chi connectivity index (χ3v) is 4.07. The lowest BCUT2D eigenvalue weighted by atomic mass is 10.2. The van der Waals surface area contributed by atoms with E-state index < -0.39 is 0 Å². The second-order valence-corrected chi connectivity index (χ2v) is 6.33. The van der Waals surface area contributed by atoms with Gasteiger partial charge in [-0.05, 0) is 53.0 Å². The number of rotatable bonds is 4. The predicted octanol–water partition coefficient (Wildman–Crippen LogP) is 4.50. The van der Waals surface area contributed by atoms with E-state index in [0.29, 0.717) is 28.2 Å². The summed E-state index contributed by atoms with van der Waals surface area (Å²) in [5, 5.41) is 3.41. The summed E-state index contributed by atoms with van der Waals surface area (Å²) in [7, 11) is 1.56. The average Bonchev–Trinajstić information content (AvgIpc) is 3.21. The van der Waals surface area contributed by atoms with Gasteiger partial charge in [-0.1, -0.05) is 11.6 Å². The molecule has 0 unspecified atom stereocenters. The SMILES string of the molecule is COc1ccc(Cl)cc1NC(=O)c1cc(Br)cn1C1CC1. The van der Waals surface area contributed by atoms with Gasteiger partial charge in [-0.25, -0.2) is 0 Å². The highest BCUT2D eigenvalue weighted by Crippen LogP contribution is 2.38. The summed E-state index contributed by atoms with van der Waals surface area (Å²) in [6.45, 7) is 0. The predicted molar refractivity (Wildman–Crippen MR) is 86.4 cm³/mol. The molecule has 1 aliphatic rings. The fourth-order valence-electron chi connectivity index (χ4n) is 2.25. The molecule has 3 rings (SSSR count). The molecule has 1 amide bonds. The van der Waals surface area contributed by atoms with Crippen LogP contribution in [0, 0.1) is 0 Å². The number of nitrogens with zero attached hydrogens (tertiary/aromatic N) is 1. The summed E-state index contributed by atoms with van der Waals surface area (Å²) in [5.74, 6) is 0.407. The molecule has 1 heterocycles. The van der Waals surface area contributed by atoms with Crippen molar-refractivity contribution in [1.82, 2.24) is 4.57 Å². The number of benzene rings is 1. The number of hydrogen-bond acceptors (Lipinski definition) is 2. The summed E-state index contributed by atoms with van der Waals surface area (Å²) in [6, 6.07) is 7.38. The molecule has 21 heavy (non-hydrogen) atoms. The first kappa shape index (κ1) is 14.5. The zero-order valence-corrected chi connectivity index (χ0v) is 13.7.